The molecule has 0 saturated carbocycles. The van der Waals surface area contributed by atoms with Crippen LogP contribution in [0, 0.1) is 0 Å². The quantitative estimate of drug-likeness (QED) is 0.637. The van der Waals surface area contributed by atoms with Gasteiger partial charge in [-0.1, -0.05) is 27.2 Å². The van der Waals surface area contributed by atoms with Crippen LogP contribution < -0.4 is 5.32 Å². The molecule has 2 heteroatoms. The molecule has 0 rings (SSSR count). The van der Waals surface area contributed by atoms with Crippen molar-refractivity contribution in [2.75, 3.05) is 6.54 Å². The van der Waals surface area contributed by atoms with Crippen LogP contribution in [-0.4, -0.2) is 23.3 Å². The van der Waals surface area contributed by atoms with E-state index in [0.29, 0.717) is 12.6 Å². The molecule has 0 aliphatic carbocycles. The molecule has 0 radical (unpaired) electrons. The van der Waals surface area contributed by atoms with E-state index in [0.717, 1.165) is 12.8 Å². The van der Waals surface area contributed by atoms with Crippen molar-refractivity contribution in [3.8, 4) is 0 Å². The molecule has 2 nitrogen and oxygen atoms in total. The van der Waals surface area contributed by atoms with Gasteiger partial charge in [0.15, 0.2) is 0 Å². The molecule has 0 aromatic heterocycles. The summed E-state index contributed by atoms with van der Waals surface area (Å²) in [5.74, 6) is 0. The van der Waals surface area contributed by atoms with Crippen molar-refractivity contribution in [1.29, 1.82) is 0 Å². The van der Waals surface area contributed by atoms with Gasteiger partial charge in [-0.15, -0.1) is 0 Å². The first-order chi connectivity index (χ1) is 4.98. The zero-order valence-electron chi connectivity index (χ0n) is 8.15. The zero-order valence-corrected chi connectivity index (χ0v) is 8.15. The molecule has 11 heavy (non-hydrogen) atoms. The Kier molecular flexibility index (Phi) is 4.69. The Morgan fingerprint density at radius 2 is 2.00 bits per heavy atom. The molecular formula is C9H21NO. The van der Waals surface area contributed by atoms with Gasteiger partial charge in [0.25, 0.3) is 0 Å². The lowest BCUT2D eigenvalue weighted by Crippen LogP contribution is -2.40. The first-order valence-corrected chi connectivity index (χ1v) is 4.43. The summed E-state index contributed by atoms with van der Waals surface area (Å²) in [6.45, 7) is 8.83. The molecule has 0 amide bonds. The molecule has 0 fully saturated rings. The second kappa shape index (κ2) is 4.73. The number of hydrogen-bond donors (Lipinski definition) is 2. The monoisotopic (exact) mass is 159 g/mol. The van der Waals surface area contributed by atoms with E-state index in [4.69, 9.17) is 0 Å². The van der Waals surface area contributed by atoms with E-state index in [2.05, 4.69) is 26.1 Å². The van der Waals surface area contributed by atoms with Crippen molar-refractivity contribution in [3.05, 3.63) is 0 Å². The van der Waals surface area contributed by atoms with Crippen LogP contribution in [0.2, 0.25) is 0 Å². The van der Waals surface area contributed by atoms with E-state index in [1.54, 1.807) is 0 Å². The molecule has 0 heterocycles. The molecule has 0 aromatic rings. The van der Waals surface area contributed by atoms with E-state index >= 15 is 0 Å². The van der Waals surface area contributed by atoms with Crippen molar-refractivity contribution in [3.63, 3.8) is 0 Å². The normalized spacial score (nSPS) is 16.9. The van der Waals surface area contributed by atoms with Gasteiger partial charge in [-0.05, 0) is 13.3 Å². The van der Waals surface area contributed by atoms with Gasteiger partial charge in [0.1, 0.15) is 0 Å². The van der Waals surface area contributed by atoms with Gasteiger partial charge >= 0.3 is 0 Å². The summed E-state index contributed by atoms with van der Waals surface area (Å²) in [5, 5.41) is 12.9. The van der Waals surface area contributed by atoms with Crippen LogP contribution in [0.1, 0.15) is 40.5 Å². The molecule has 0 aliphatic rings. The number of rotatable bonds is 5. The Morgan fingerprint density at radius 3 is 2.36 bits per heavy atom. The summed E-state index contributed by atoms with van der Waals surface area (Å²) >= 11 is 0. The van der Waals surface area contributed by atoms with Crippen LogP contribution in [0.5, 0.6) is 0 Å². The van der Waals surface area contributed by atoms with Gasteiger partial charge in [-0.25, -0.2) is 0 Å². The van der Waals surface area contributed by atoms with E-state index < -0.39 is 5.60 Å². The summed E-state index contributed by atoms with van der Waals surface area (Å²) in [6, 6.07) is 0.457. The maximum atomic E-state index is 9.70. The van der Waals surface area contributed by atoms with E-state index in [-0.39, 0.29) is 0 Å². The second-order valence-electron chi connectivity index (χ2n) is 3.78. The lowest BCUT2D eigenvalue weighted by atomic mass is 10.0. The molecule has 1 unspecified atom stereocenters. The van der Waals surface area contributed by atoms with Crippen molar-refractivity contribution in [2.24, 2.45) is 0 Å². The minimum absolute atomic E-state index is 0.457. The minimum atomic E-state index is -0.529. The first-order valence-electron chi connectivity index (χ1n) is 4.43. The molecule has 0 bridgehead atoms. The molecule has 1 atom stereocenters. The standard InChI is InChI=1S/C9H21NO/c1-5-6-9(4,11)7-10-8(2)3/h8,10-11H,5-7H2,1-4H3. The van der Waals surface area contributed by atoms with Crippen LogP contribution in [-0.2, 0) is 0 Å². The van der Waals surface area contributed by atoms with Crippen molar-refractivity contribution in [2.45, 2.75) is 52.2 Å². The van der Waals surface area contributed by atoms with Gasteiger partial charge in [-0.2, -0.15) is 0 Å². The summed E-state index contributed by atoms with van der Waals surface area (Å²) in [7, 11) is 0. The highest BCUT2D eigenvalue weighted by molar-refractivity contribution is 4.75. The maximum absolute atomic E-state index is 9.70. The molecular weight excluding hydrogens is 138 g/mol. The van der Waals surface area contributed by atoms with E-state index in [1.165, 1.54) is 0 Å². The average molecular weight is 159 g/mol. The predicted octanol–water partition coefficient (Wildman–Crippen LogP) is 1.54. The molecule has 0 aliphatic heterocycles. The van der Waals surface area contributed by atoms with Crippen LogP contribution in [0.25, 0.3) is 0 Å². The number of nitrogens with one attached hydrogen (secondary N) is 1. The Morgan fingerprint density at radius 1 is 1.45 bits per heavy atom. The predicted molar refractivity (Wildman–Crippen MR) is 48.7 cm³/mol. The Bertz CT molecular complexity index is 99.7. The average Bonchev–Trinajstić information content (AvgIpc) is 1.84. The molecule has 0 saturated heterocycles. The highest BCUT2D eigenvalue weighted by Crippen LogP contribution is 2.09. The molecule has 0 spiro atoms. The third kappa shape index (κ3) is 6.32. The lowest BCUT2D eigenvalue weighted by Gasteiger charge is -2.24. The molecule has 68 valence electrons. The summed E-state index contributed by atoms with van der Waals surface area (Å²) in [5.41, 5.74) is -0.529. The number of hydrogen-bond acceptors (Lipinski definition) is 2. The first kappa shape index (κ1) is 10.9. The highest BCUT2D eigenvalue weighted by Gasteiger charge is 2.18. The third-order valence-corrected chi connectivity index (χ3v) is 1.68. The van der Waals surface area contributed by atoms with Crippen LogP contribution in [0.4, 0.5) is 0 Å². The fraction of sp³-hybridized carbons (Fsp3) is 1.00. The van der Waals surface area contributed by atoms with Gasteiger partial charge in [0.2, 0.25) is 0 Å². The Balaban J connectivity index is 3.54. The Hall–Kier alpha value is -0.0800. The van der Waals surface area contributed by atoms with Crippen LogP contribution in [0.3, 0.4) is 0 Å². The second-order valence-corrected chi connectivity index (χ2v) is 3.78. The minimum Gasteiger partial charge on any atom is -0.389 e. The maximum Gasteiger partial charge on any atom is 0.0743 e. The SMILES string of the molecule is CCCC(C)(O)CNC(C)C. The molecule has 2 N–H and O–H groups in total. The van der Waals surface area contributed by atoms with Crippen molar-refractivity contribution in [1.82, 2.24) is 5.32 Å². The van der Waals surface area contributed by atoms with Gasteiger partial charge in [0, 0.05) is 12.6 Å². The summed E-state index contributed by atoms with van der Waals surface area (Å²) in [4.78, 5) is 0. The fourth-order valence-corrected chi connectivity index (χ4v) is 1.05. The zero-order chi connectivity index (χ0) is 8.91. The smallest absolute Gasteiger partial charge is 0.0743 e. The van der Waals surface area contributed by atoms with Gasteiger partial charge in [0.05, 0.1) is 5.60 Å². The Labute approximate surface area is 70.0 Å². The molecule has 0 aromatic carbocycles. The van der Waals surface area contributed by atoms with Gasteiger partial charge in [-0.3, -0.25) is 0 Å². The van der Waals surface area contributed by atoms with E-state index in [9.17, 15) is 5.11 Å². The van der Waals surface area contributed by atoms with Crippen LogP contribution >= 0.6 is 0 Å². The summed E-state index contributed by atoms with van der Waals surface area (Å²) in [6.07, 6.45) is 1.90. The fourth-order valence-electron chi connectivity index (χ4n) is 1.05. The van der Waals surface area contributed by atoms with Crippen LogP contribution in [0.15, 0.2) is 0 Å². The largest absolute Gasteiger partial charge is 0.389 e. The van der Waals surface area contributed by atoms with Crippen molar-refractivity contribution >= 4 is 0 Å². The van der Waals surface area contributed by atoms with E-state index in [1.807, 2.05) is 6.92 Å². The third-order valence-electron chi connectivity index (χ3n) is 1.68. The van der Waals surface area contributed by atoms with Crippen molar-refractivity contribution < 1.29 is 5.11 Å². The topological polar surface area (TPSA) is 32.3 Å². The lowest BCUT2D eigenvalue weighted by molar-refractivity contribution is 0.0482. The van der Waals surface area contributed by atoms with Gasteiger partial charge < -0.3 is 10.4 Å². The summed E-state index contributed by atoms with van der Waals surface area (Å²) < 4.78 is 0. The highest BCUT2D eigenvalue weighted by atomic mass is 16.3. The number of aliphatic hydroxyl groups is 1.